The van der Waals surface area contributed by atoms with E-state index in [9.17, 15) is 18.0 Å². The predicted molar refractivity (Wildman–Crippen MR) is 38.8 cm³/mol. The van der Waals surface area contributed by atoms with Crippen LogP contribution in [0.2, 0.25) is 0 Å². The first-order valence-corrected chi connectivity index (χ1v) is 3.86. The number of alkyl halides is 3. The molecule has 0 aliphatic heterocycles. The van der Waals surface area contributed by atoms with Gasteiger partial charge in [-0.3, -0.25) is 10.2 Å². The molecule has 13 heavy (non-hydrogen) atoms. The van der Waals surface area contributed by atoms with Crippen molar-refractivity contribution in [1.29, 1.82) is 0 Å². The Morgan fingerprint density at radius 3 is 2.69 bits per heavy atom. The molecule has 0 aliphatic carbocycles. The molecule has 0 saturated heterocycles. The summed E-state index contributed by atoms with van der Waals surface area (Å²) in [6.07, 6.45) is -4.57. The molecule has 0 saturated carbocycles. The summed E-state index contributed by atoms with van der Waals surface area (Å²) in [5.74, 6) is 3.63. The summed E-state index contributed by atoms with van der Waals surface area (Å²) in [5.41, 5.74) is 1.83. The summed E-state index contributed by atoms with van der Waals surface area (Å²) < 4.78 is 36.4. The number of halogens is 3. The maximum Gasteiger partial charge on any atom is 0.427 e. The molecular weight excluding hydrogens is 207 g/mol. The van der Waals surface area contributed by atoms with Crippen molar-refractivity contribution < 1.29 is 18.0 Å². The zero-order chi connectivity index (χ0) is 10.1. The first-order valence-electron chi connectivity index (χ1n) is 2.98. The van der Waals surface area contributed by atoms with E-state index < -0.39 is 22.7 Å². The van der Waals surface area contributed by atoms with Gasteiger partial charge in [0.25, 0.3) is 5.91 Å². The minimum atomic E-state index is -4.57. The van der Waals surface area contributed by atoms with Gasteiger partial charge < -0.3 is 0 Å². The average Bonchev–Trinajstić information content (AvgIpc) is 2.49. The fourth-order valence-corrected chi connectivity index (χ4v) is 1.33. The normalized spacial score (nSPS) is 11.4. The Hall–Kier alpha value is -1.15. The van der Waals surface area contributed by atoms with Crippen LogP contribution in [-0.4, -0.2) is 10.9 Å². The Kier molecular flexibility index (Phi) is 2.52. The number of nitrogens with one attached hydrogen (secondary N) is 1. The Morgan fingerprint density at radius 1 is 1.62 bits per heavy atom. The number of hydrazine groups is 1. The quantitative estimate of drug-likeness (QED) is 0.409. The Labute approximate surface area is 74.5 Å². The number of nitrogen functional groups attached to an aromatic ring is 1. The van der Waals surface area contributed by atoms with Crippen LogP contribution in [0, 0.1) is 0 Å². The SMILES string of the molecule is NNC(=O)c1ncsc1C(F)(F)F. The molecule has 0 spiro atoms. The van der Waals surface area contributed by atoms with Gasteiger partial charge in [-0.05, 0) is 0 Å². The molecule has 0 aliphatic rings. The molecule has 1 amide bonds. The minimum absolute atomic E-state index is 0.348. The fraction of sp³-hybridized carbons (Fsp3) is 0.200. The summed E-state index contributed by atoms with van der Waals surface area (Å²) in [6, 6.07) is 0. The van der Waals surface area contributed by atoms with Gasteiger partial charge in [-0.25, -0.2) is 10.8 Å². The van der Waals surface area contributed by atoms with Crippen molar-refractivity contribution in [2.45, 2.75) is 6.18 Å². The number of rotatable bonds is 1. The van der Waals surface area contributed by atoms with Crippen molar-refractivity contribution in [3.05, 3.63) is 16.1 Å². The number of thiazole rings is 1. The van der Waals surface area contributed by atoms with E-state index in [1.165, 1.54) is 0 Å². The second kappa shape index (κ2) is 3.30. The van der Waals surface area contributed by atoms with Crippen LogP contribution >= 0.6 is 11.3 Å². The zero-order valence-electron chi connectivity index (χ0n) is 6.05. The lowest BCUT2D eigenvalue weighted by Gasteiger charge is -2.04. The lowest BCUT2D eigenvalue weighted by Crippen LogP contribution is -2.31. The number of amides is 1. The molecule has 1 aromatic heterocycles. The highest BCUT2D eigenvalue weighted by atomic mass is 32.1. The smallest absolute Gasteiger partial charge is 0.289 e. The average molecular weight is 211 g/mol. The summed E-state index contributed by atoms with van der Waals surface area (Å²) >= 11 is 0.348. The Balaban J connectivity index is 3.10. The van der Waals surface area contributed by atoms with E-state index in [2.05, 4.69) is 10.8 Å². The molecule has 72 valence electrons. The molecule has 0 radical (unpaired) electrons. The van der Waals surface area contributed by atoms with E-state index in [1.54, 1.807) is 5.43 Å². The summed E-state index contributed by atoms with van der Waals surface area (Å²) in [5, 5.41) is 0. The lowest BCUT2D eigenvalue weighted by molar-refractivity contribution is -0.134. The third-order valence-electron chi connectivity index (χ3n) is 1.17. The van der Waals surface area contributed by atoms with Gasteiger partial charge in [0.15, 0.2) is 5.69 Å². The number of aromatic nitrogens is 1. The fourth-order valence-electron chi connectivity index (χ4n) is 0.677. The molecular formula is C5H4F3N3OS. The van der Waals surface area contributed by atoms with Crippen molar-refractivity contribution in [3.8, 4) is 0 Å². The highest BCUT2D eigenvalue weighted by Gasteiger charge is 2.37. The largest absolute Gasteiger partial charge is 0.427 e. The van der Waals surface area contributed by atoms with Crippen LogP contribution in [0.1, 0.15) is 15.4 Å². The minimum Gasteiger partial charge on any atom is -0.289 e. The van der Waals surface area contributed by atoms with E-state index in [4.69, 9.17) is 0 Å². The van der Waals surface area contributed by atoms with Crippen LogP contribution in [0.5, 0.6) is 0 Å². The predicted octanol–water partition coefficient (Wildman–Crippen LogP) is 0.765. The van der Waals surface area contributed by atoms with Crippen LogP contribution < -0.4 is 11.3 Å². The second-order valence-corrected chi connectivity index (χ2v) is 2.86. The van der Waals surface area contributed by atoms with Crippen molar-refractivity contribution >= 4 is 17.2 Å². The van der Waals surface area contributed by atoms with E-state index in [0.717, 1.165) is 5.51 Å². The monoisotopic (exact) mass is 211 g/mol. The molecule has 4 nitrogen and oxygen atoms in total. The molecule has 0 atom stereocenters. The zero-order valence-corrected chi connectivity index (χ0v) is 6.87. The number of hydrogen-bond donors (Lipinski definition) is 2. The highest BCUT2D eigenvalue weighted by molar-refractivity contribution is 7.10. The highest BCUT2D eigenvalue weighted by Crippen LogP contribution is 2.34. The summed E-state index contributed by atoms with van der Waals surface area (Å²) in [6.45, 7) is 0. The standard InChI is InChI=1S/C5H4F3N3OS/c6-5(7,8)3-2(4(12)11-9)10-1-13-3/h1H,9H2,(H,11,12). The topological polar surface area (TPSA) is 68.0 Å². The molecule has 1 rings (SSSR count). The molecule has 3 N–H and O–H groups in total. The molecule has 0 bridgehead atoms. The number of nitrogens with two attached hydrogens (primary N) is 1. The van der Waals surface area contributed by atoms with E-state index in [0.29, 0.717) is 11.3 Å². The molecule has 0 aromatic carbocycles. The van der Waals surface area contributed by atoms with Gasteiger partial charge in [0.05, 0.1) is 5.51 Å². The van der Waals surface area contributed by atoms with Crippen molar-refractivity contribution in [2.24, 2.45) is 5.84 Å². The van der Waals surface area contributed by atoms with Gasteiger partial charge in [-0.2, -0.15) is 13.2 Å². The van der Waals surface area contributed by atoms with Gasteiger partial charge in [-0.15, -0.1) is 11.3 Å². The third kappa shape index (κ3) is 1.95. The van der Waals surface area contributed by atoms with Crippen LogP contribution in [0.25, 0.3) is 0 Å². The van der Waals surface area contributed by atoms with Crippen LogP contribution in [0.15, 0.2) is 5.51 Å². The lowest BCUT2D eigenvalue weighted by atomic mass is 10.3. The molecule has 1 heterocycles. The van der Waals surface area contributed by atoms with Crippen molar-refractivity contribution in [3.63, 3.8) is 0 Å². The number of nitrogens with zero attached hydrogens (tertiary/aromatic N) is 1. The van der Waals surface area contributed by atoms with Gasteiger partial charge in [-0.1, -0.05) is 0 Å². The maximum absolute atomic E-state index is 12.1. The second-order valence-electron chi connectivity index (χ2n) is 2.00. The van der Waals surface area contributed by atoms with Crippen molar-refractivity contribution in [2.75, 3.05) is 0 Å². The first kappa shape index (κ1) is 9.93. The molecule has 0 unspecified atom stereocenters. The van der Waals surface area contributed by atoms with Crippen LogP contribution in [-0.2, 0) is 6.18 Å². The van der Waals surface area contributed by atoms with E-state index in [1.807, 2.05) is 0 Å². The number of hydrogen-bond acceptors (Lipinski definition) is 4. The van der Waals surface area contributed by atoms with Gasteiger partial charge in [0.1, 0.15) is 4.88 Å². The maximum atomic E-state index is 12.1. The molecule has 1 aromatic rings. The third-order valence-corrected chi connectivity index (χ3v) is 2.04. The van der Waals surface area contributed by atoms with Gasteiger partial charge >= 0.3 is 6.18 Å². The van der Waals surface area contributed by atoms with Crippen LogP contribution in [0.3, 0.4) is 0 Å². The van der Waals surface area contributed by atoms with Crippen LogP contribution in [0.4, 0.5) is 13.2 Å². The van der Waals surface area contributed by atoms with E-state index in [-0.39, 0.29) is 0 Å². The summed E-state index contributed by atoms with van der Waals surface area (Å²) in [7, 11) is 0. The van der Waals surface area contributed by atoms with Gasteiger partial charge in [0, 0.05) is 0 Å². The first-order chi connectivity index (χ1) is 5.96. The molecule has 0 fully saturated rings. The Morgan fingerprint density at radius 2 is 2.23 bits per heavy atom. The summed E-state index contributed by atoms with van der Waals surface area (Å²) in [4.78, 5) is 13.0. The van der Waals surface area contributed by atoms with E-state index >= 15 is 0 Å². The Bertz CT molecular complexity index is 321. The number of carbonyl (C=O) groups excluding carboxylic acids is 1. The number of carbonyl (C=O) groups is 1. The molecule has 8 heteroatoms. The van der Waals surface area contributed by atoms with Gasteiger partial charge in [0.2, 0.25) is 0 Å². The van der Waals surface area contributed by atoms with Crippen molar-refractivity contribution in [1.82, 2.24) is 10.4 Å².